The van der Waals surface area contributed by atoms with Crippen LogP contribution in [0.1, 0.15) is 99.0 Å². The van der Waals surface area contributed by atoms with Crippen molar-refractivity contribution in [1.82, 2.24) is 0 Å². The minimum absolute atomic E-state index is 0.159. The van der Waals surface area contributed by atoms with Gasteiger partial charge in [-0.25, -0.2) is 0 Å². The second kappa shape index (κ2) is 11.6. The predicted octanol–water partition coefficient (Wildman–Crippen LogP) is 8.74. The summed E-state index contributed by atoms with van der Waals surface area (Å²) in [5, 5.41) is 0. The van der Waals surface area contributed by atoms with Crippen molar-refractivity contribution in [3.8, 4) is 0 Å². The summed E-state index contributed by atoms with van der Waals surface area (Å²) in [5.74, 6) is 2.52. The fourth-order valence-corrected chi connectivity index (χ4v) is 9.99. The van der Waals surface area contributed by atoms with Crippen LogP contribution in [0.3, 0.4) is 0 Å². The van der Waals surface area contributed by atoms with Crippen LogP contribution in [0.25, 0.3) is 0 Å². The van der Waals surface area contributed by atoms with Crippen LogP contribution in [0.2, 0.25) is 0 Å². The normalized spacial score (nSPS) is 35.4. The van der Waals surface area contributed by atoms with Crippen LogP contribution in [0.5, 0.6) is 0 Å². The molecule has 0 spiro atoms. The Balaban J connectivity index is 1.42. The van der Waals surface area contributed by atoms with Gasteiger partial charge in [0, 0.05) is 25.2 Å². The molecule has 2 saturated carbocycles. The topological polar surface area (TPSA) is 69.7 Å². The van der Waals surface area contributed by atoms with Gasteiger partial charge in [-0.15, -0.1) is 0 Å². The first-order valence-corrected chi connectivity index (χ1v) is 17.8. The number of hydrogen-bond acceptors (Lipinski definition) is 5. The molecule has 4 aliphatic rings. The SMILES string of the molecule is CC(=O)OC12CC=C3C(=CCC4(C)C3CCC4C(C)C=CC(C)C(C)C)C1(C)CCC(OS(=O)(=O)c1ccc(C)cc1)C2. The number of aryl methyl sites for hydroxylation is 1. The molecule has 0 heterocycles. The van der Waals surface area contributed by atoms with E-state index in [2.05, 4.69) is 65.8 Å². The summed E-state index contributed by atoms with van der Waals surface area (Å²) in [5.41, 5.74) is 2.71. The second-order valence-electron chi connectivity index (χ2n) is 14.9. The highest BCUT2D eigenvalue weighted by molar-refractivity contribution is 7.86. The van der Waals surface area contributed by atoms with Crippen molar-refractivity contribution < 1.29 is 22.1 Å². The summed E-state index contributed by atoms with van der Waals surface area (Å²) in [6.07, 6.45) is 14.8. The van der Waals surface area contributed by atoms with Crippen LogP contribution in [0, 0.1) is 47.3 Å². The average molecular weight is 609 g/mol. The molecule has 0 radical (unpaired) electrons. The van der Waals surface area contributed by atoms with E-state index < -0.39 is 27.2 Å². The molecule has 236 valence electrons. The van der Waals surface area contributed by atoms with Crippen LogP contribution in [0.4, 0.5) is 0 Å². The Hall–Kier alpha value is -2.18. The Kier molecular flexibility index (Phi) is 8.72. The van der Waals surface area contributed by atoms with Crippen molar-refractivity contribution in [2.75, 3.05) is 0 Å². The number of benzene rings is 1. The van der Waals surface area contributed by atoms with E-state index in [0.29, 0.717) is 55.3 Å². The monoisotopic (exact) mass is 608 g/mol. The number of ether oxygens (including phenoxy) is 1. The van der Waals surface area contributed by atoms with E-state index >= 15 is 0 Å². The lowest BCUT2D eigenvalue weighted by molar-refractivity contribution is -0.184. The van der Waals surface area contributed by atoms with Crippen molar-refractivity contribution in [2.24, 2.45) is 40.4 Å². The lowest BCUT2D eigenvalue weighted by Gasteiger charge is -2.58. The van der Waals surface area contributed by atoms with Crippen LogP contribution in [0.15, 0.2) is 64.6 Å². The van der Waals surface area contributed by atoms with Gasteiger partial charge in [-0.1, -0.05) is 83.5 Å². The first-order valence-electron chi connectivity index (χ1n) is 16.4. The third-order valence-corrected chi connectivity index (χ3v) is 13.3. The van der Waals surface area contributed by atoms with Gasteiger partial charge in [0.1, 0.15) is 5.60 Å². The molecule has 8 atom stereocenters. The smallest absolute Gasteiger partial charge is 0.303 e. The fourth-order valence-electron chi connectivity index (χ4n) is 8.89. The molecule has 0 amide bonds. The van der Waals surface area contributed by atoms with Gasteiger partial charge in [0.05, 0.1) is 11.0 Å². The van der Waals surface area contributed by atoms with Crippen LogP contribution in [-0.4, -0.2) is 26.1 Å². The Labute approximate surface area is 260 Å². The molecule has 4 aliphatic carbocycles. The highest BCUT2D eigenvalue weighted by atomic mass is 32.2. The summed E-state index contributed by atoms with van der Waals surface area (Å²) in [7, 11) is -3.94. The Morgan fingerprint density at radius 1 is 0.977 bits per heavy atom. The van der Waals surface area contributed by atoms with Crippen LogP contribution >= 0.6 is 0 Å². The first-order chi connectivity index (χ1) is 20.1. The molecular formula is C37H52O5S. The van der Waals surface area contributed by atoms with Gasteiger partial charge < -0.3 is 4.74 Å². The third kappa shape index (κ3) is 5.72. The molecule has 0 bridgehead atoms. The summed E-state index contributed by atoms with van der Waals surface area (Å²) in [4.78, 5) is 12.7. The van der Waals surface area contributed by atoms with Gasteiger partial charge in [-0.05, 0) is 97.3 Å². The van der Waals surface area contributed by atoms with E-state index in [1.165, 1.54) is 30.9 Å². The Morgan fingerprint density at radius 2 is 1.67 bits per heavy atom. The van der Waals surface area contributed by atoms with E-state index in [1.807, 2.05) is 6.92 Å². The summed E-state index contributed by atoms with van der Waals surface area (Å²) >= 11 is 0. The number of carbonyl (C=O) groups is 1. The molecule has 0 aliphatic heterocycles. The van der Waals surface area contributed by atoms with Gasteiger partial charge in [0.25, 0.3) is 10.1 Å². The number of fused-ring (bicyclic) bond motifs is 5. The van der Waals surface area contributed by atoms with Crippen molar-refractivity contribution in [1.29, 1.82) is 0 Å². The Bertz CT molecular complexity index is 1420. The van der Waals surface area contributed by atoms with E-state index in [-0.39, 0.29) is 16.3 Å². The number of esters is 1. The lowest BCUT2D eigenvalue weighted by atomic mass is 9.50. The minimum atomic E-state index is -3.94. The lowest BCUT2D eigenvalue weighted by Crippen LogP contribution is -2.58. The summed E-state index contributed by atoms with van der Waals surface area (Å²) in [6.45, 7) is 17.4. The van der Waals surface area contributed by atoms with E-state index in [9.17, 15) is 13.2 Å². The molecule has 6 heteroatoms. The van der Waals surface area contributed by atoms with Crippen molar-refractivity contribution in [3.63, 3.8) is 0 Å². The minimum Gasteiger partial charge on any atom is -0.458 e. The molecule has 0 aromatic heterocycles. The maximum atomic E-state index is 13.2. The van der Waals surface area contributed by atoms with E-state index in [0.717, 1.165) is 12.0 Å². The highest BCUT2D eigenvalue weighted by Crippen LogP contribution is 2.66. The van der Waals surface area contributed by atoms with Crippen molar-refractivity contribution in [3.05, 3.63) is 65.3 Å². The zero-order valence-corrected chi connectivity index (χ0v) is 28.3. The van der Waals surface area contributed by atoms with Gasteiger partial charge in [0.2, 0.25) is 0 Å². The first kappa shape index (κ1) is 32.2. The molecule has 0 N–H and O–H groups in total. The molecule has 2 fully saturated rings. The maximum Gasteiger partial charge on any atom is 0.303 e. The zero-order valence-electron chi connectivity index (χ0n) is 27.5. The number of hydrogen-bond donors (Lipinski definition) is 0. The average Bonchev–Trinajstić information content (AvgIpc) is 3.29. The molecule has 0 saturated heterocycles. The third-order valence-electron chi connectivity index (χ3n) is 11.9. The molecule has 5 nitrogen and oxygen atoms in total. The second-order valence-corrected chi connectivity index (χ2v) is 16.5. The van der Waals surface area contributed by atoms with E-state index in [1.54, 1.807) is 24.3 Å². The fraction of sp³-hybridized carbons (Fsp3) is 0.649. The molecule has 1 aromatic rings. The molecule has 43 heavy (non-hydrogen) atoms. The predicted molar refractivity (Wildman–Crippen MR) is 172 cm³/mol. The van der Waals surface area contributed by atoms with Crippen LogP contribution < -0.4 is 0 Å². The van der Waals surface area contributed by atoms with Gasteiger partial charge in [0.15, 0.2) is 0 Å². The van der Waals surface area contributed by atoms with Gasteiger partial charge >= 0.3 is 5.97 Å². The highest BCUT2D eigenvalue weighted by Gasteiger charge is 2.62. The standard InChI is InChI=1S/C37H52O5S/c1-24(2)26(4)11-12-27(5)32-15-16-33-31-18-22-37(41-28(6)38)23-29(42-43(39,40)30-13-9-25(3)10-14-30)17-21-36(37,8)34(31)19-20-35(32,33)7/h9-14,18-19,24,26-27,29,32-33H,15-17,20-23H2,1-8H3. The quantitative estimate of drug-likeness (QED) is 0.168. The largest absolute Gasteiger partial charge is 0.458 e. The van der Waals surface area contributed by atoms with Gasteiger partial charge in [-0.2, -0.15) is 8.42 Å². The zero-order chi connectivity index (χ0) is 31.4. The molecule has 8 unspecified atom stereocenters. The summed E-state index contributed by atoms with van der Waals surface area (Å²) < 4.78 is 38.5. The van der Waals surface area contributed by atoms with E-state index in [4.69, 9.17) is 8.92 Å². The van der Waals surface area contributed by atoms with Crippen LogP contribution in [-0.2, 0) is 23.8 Å². The Morgan fingerprint density at radius 3 is 2.33 bits per heavy atom. The van der Waals surface area contributed by atoms with Crippen molar-refractivity contribution >= 4 is 16.1 Å². The molecule has 1 aromatic carbocycles. The van der Waals surface area contributed by atoms with Crippen molar-refractivity contribution in [2.45, 2.75) is 117 Å². The maximum absolute atomic E-state index is 13.2. The molecular weight excluding hydrogens is 556 g/mol. The van der Waals surface area contributed by atoms with Gasteiger partial charge in [-0.3, -0.25) is 8.98 Å². The molecule has 5 rings (SSSR count). The summed E-state index contributed by atoms with van der Waals surface area (Å²) in [6, 6.07) is 6.74. The number of allylic oxidation sites excluding steroid dienone is 4. The number of carbonyl (C=O) groups excluding carboxylic acids is 1. The number of rotatable bonds is 8.